The monoisotopic (exact) mass is 850 g/mol. The summed E-state index contributed by atoms with van der Waals surface area (Å²) < 4.78 is 9.94. The van der Waals surface area contributed by atoms with Crippen molar-refractivity contribution in [2.24, 2.45) is 58.7 Å². The number of benzene rings is 2. The summed E-state index contributed by atoms with van der Waals surface area (Å²) in [7, 11) is 2.71. The van der Waals surface area contributed by atoms with Crippen LogP contribution in [-0.4, -0.2) is 92.1 Å². The largest absolute Gasteiger partial charge is 0.453 e. The van der Waals surface area contributed by atoms with Crippen LogP contribution in [0, 0.1) is 58.7 Å². The van der Waals surface area contributed by atoms with Crippen molar-refractivity contribution < 1.29 is 28.7 Å². The average Bonchev–Trinajstić information content (AvgIpc) is 4.24. The van der Waals surface area contributed by atoms with Gasteiger partial charge in [-0.1, -0.05) is 55.5 Å². The Morgan fingerprint density at radius 2 is 1.08 bits per heavy atom. The van der Waals surface area contributed by atoms with Gasteiger partial charge in [0.1, 0.15) is 23.7 Å². The molecule has 2 bridgehead atoms. The van der Waals surface area contributed by atoms with Crippen LogP contribution in [0.25, 0.3) is 33.6 Å². The number of rotatable bonds is 11. The number of amides is 4. The minimum absolute atomic E-state index is 0.00304. The summed E-state index contributed by atoms with van der Waals surface area (Å²) in [6.45, 7) is 2.34. The number of imidazole rings is 2. The zero-order chi connectivity index (χ0) is 42.6. The van der Waals surface area contributed by atoms with Crippen LogP contribution in [-0.2, 0) is 19.1 Å². The van der Waals surface area contributed by atoms with Crippen LogP contribution < -0.4 is 10.6 Å². The maximum atomic E-state index is 14.4. The summed E-state index contributed by atoms with van der Waals surface area (Å²) in [5, 5.41) is 5.89. The Kier molecular flexibility index (Phi) is 8.07. The minimum atomic E-state index is -0.571. The summed E-state index contributed by atoms with van der Waals surface area (Å²) in [6.07, 6.45) is 10.6. The van der Waals surface area contributed by atoms with Crippen LogP contribution in [0.15, 0.2) is 60.9 Å². The van der Waals surface area contributed by atoms with Crippen LogP contribution >= 0.6 is 0 Å². The molecule has 2 aliphatic heterocycles. The Morgan fingerprint density at radius 1 is 0.619 bits per heavy atom. The minimum Gasteiger partial charge on any atom is -0.453 e. The van der Waals surface area contributed by atoms with Gasteiger partial charge in [-0.2, -0.15) is 0 Å². The van der Waals surface area contributed by atoms with Gasteiger partial charge in [-0.15, -0.1) is 0 Å². The van der Waals surface area contributed by atoms with Gasteiger partial charge in [0.2, 0.25) is 11.8 Å². The summed E-state index contributed by atoms with van der Waals surface area (Å²) in [5.41, 5.74) is 6.37. The molecule has 8 saturated carbocycles. The molecule has 0 radical (unpaired) electrons. The van der Waals surface area contributed by atoms with Gasteiger partial charge in [-0.3, -0.25) is 9.59 Å². The quantitative estimate of drug-likeness (QED) is 0.127. The molecule has 2 aromatic heterocycles. The lowest BCUT2D eigenvalue weighted by Crippen LogP contribution is -2.53. The lowest BCUT2D eigenvalue weighted by Gasteiger charge is -2.33. The van der Waals surface area contributed by atoms with E-state index in [2.05, 4.69) is 76.1 Å². The highest BCUT2D eigenvalue weighted by Gasteiger charge is 2.89. The van der Waals surface area contributed by atoms with Crippen LogP contribution in [0.1, 0.15) is 82.0 Å². The van der Waals surface area contributed by atoms with Gasteiger partial charge in [-0.05, 0) is 132 Å². The third kappa shape index (κ3) is 5.87. The van der Waals surface area contributed by atoms with E-state index in [1.165, 1.54) is 20.6 Å². The molecule has 63 heavy (non-hydrogen) atoms. The second-order valence-electron chi connectivity index (χ2n) is 20.8. The summed E-state index contributed by atoms with van der Waals surface area (Å²) in [5.74, 6) is 6.16. The first-order valence-electron chi connectivity index (χ1n) is 23.3. The third-order valence-electron chi connectivity index (χ3n) is 17.7. The molecule has 4 amide bonds. The molecular formula is C49H54N8O6. The molecule has 16 atom stereocenters. The molecule has 14 heteroatoms. The summed E-state index contributed by atoms with van der Waals surface area (Å²) in [6, 6.07) is 15.8. The number of fused-ring (bicyclic) bond motifs is 4. The van der Waals surface area contributed by atoms with E-state index in [-0.39, 0.29) is 47.8 Å². The van der Waals surface area contributed by atoms with Crippen molar-refractivity contribution in [2.75, 3.05) is 14.2 Å². The number of ether oxygens (including phenoxy) is 2. The smallest absolute Gasteiger partial charge is 0.407 e. The highest BCUT2D eigenvalue weighted by molar-refractivity contribution is 5.88. The number of nitrogens with zero attached hydrogens (tertiary/aromatic N) is 4. The fourth-order valence-electron chi connectivity index (χ4n) is 14.0. The molecule has 2 aromatic carbocycles. The lowest BCUT2D eigenvalue weighted by molar-refractivity contribution is -0.137. The molecule has 4 unspecified atom stereocenters. The first-order valence-corrected chi connectivity index (χ1v) is 23.3. The maximum absolute atomic E-state index is 14.4. The number of methoxy groups -OCH3 is 2. The fraction of sp³-hybridized carbons (Fsp3) is 0.551. The molecule has 2 saturated heterocycles. The van der Waals surface area contributed by atoms with Crippen molar-refractivity contribution in [1.29, 1.82) is 0 Å². The number of hydrogen-bond acceptors (Lipinski definition) is 8. The summed E-state index contributed by atoms with van der Waals surface area (Å²) >= 11 is 0. The number of likely N-dealkylation sites (tertiary alicyclic amines) is 2. The van der Waals surface area contributed by atoms with E-state index in [1.54, 1.807) is 0 Å². The first-order chi connectivity index (χ1) is 30.6. The number of aromatic amines is 2. The van der Waals surface area contributed by atoms with E-state index in [4.69, 9.17) is 19.4 Å². The van der Waals surface area contributed by atoms with Crippen LogP contribution in [0.5, 0.6) is 0 Å². The van der Waals surface area contributed by atoms with E-state index >= 15 is 0 Å². The van der Waals surface area contributed by atoms with Crippen LogP contribution in [0.2, 0.25) is 0 Å². The van der Waals surface area contributed by atoms with Crippen molar-refractivity contribution in [3.63, 3.8) is 0 Å². The van der Waals surface area contributed by atoms with Crippen molar-refractivity contribution in [2.45, 2.75) is 94.5 Å². The van der Waals surface area contributed by atoms with Gasteiger partial charge in [0.25, 0.3) is 0 Å². The molecule has 0 spiro atoms. The lowest BCUT2D eigenvalue weighted by atomic mass is 9.93. The van der Waals surface area contributed by atoms with Gasteiger partial charge in [0.15, 0.2) is 0 Å². The van der Waals surface area contributed by atoms with Gasteiger partial charge in [0.05, 0.1) is 50.1 Å². The SMILES string of the molecule is COC(=O)NC(C(=O)N1[C@@H]2C[C@@H]2C[C@H]1c1ncc(-c2ccc(-c3ccc(-c4cnc([C@@H]5C[C@H]6C[C@H]6N5C(=O)C(NC(=O)OC)[C@H]5C[C@H]6[C@H]7C5[C@]76C)[nH]4)cc3)cc2)[nH]1)C1C[C@@H]2C[C@@H]2C1. The zero-order valence-electron chi connectivity index (χ0n) is 35.8. The standard InChI is InChI=1S/C49H54N8O6/c1-49-32-19-31(39(49)40(32)49)42(55-48(61)63-3)46(59)57-36-16-29(36)18-38(57)44-51-21-34(53-44)25-10-6-23(7-11-25)22-4-8-24(9-5-22)33-20-50-43(52-33)37-17-28-15-35(28)56(37)45(58)41(54-47(60)62-2)30-13-26-12-27(26)14-30/h4-11,20-21,26-32,35-42H,12-19H2,1-3H3,(H,50,52)(H,51,53)(H,54,60)(H,55,61)/t26-,27+,28-,29-,30?,31+,32+,35-,36-,37+,38+,39?,40+,41?,42?,49-/m1/s1. The molecule has 14 rings (SSSR count). The number of carbonyl (C=O) groups is 4. The zero-order valence-corrected chi connectivity index (χ0v) is 35.8. The van der Waals surface area contributed by atoms with Crippen LogP contribution in [0.3, 0.4) is 0 Å². The predicted octanol–water partition coefficient (Wildman–Crippen LogP) is 6.85. The second kappa shape index (κ2) is 13.4. The van der Waals surface area contributed by atoms with Gasteiger partial charge in [0, 0.05) is 12.1 Å². The summed E-state index contributed by atoms with van der Waals surface area (Å²) in [4.78, 5) is 74.4. The van der Waals surface area contributed by atoms with E-state index in [0.29, 0.717) is 40.9 Å². The number of hydrogen-bond donors (Lipinski definition) is 4. The first kappa shape index (κ1) is 37.9. The average molecular weight is 851 g/mol. The maximum Gasteiger partial charge on any atom is 0.407 e. The number of H-pyrrole nitrogens is 2. The highest BCUT2D eigenvalue weighted by atomic mass is 16.5. The van der Waals surface area contributed by atoms with Crippen LogP contribution in [0.4, 0.5) is 9.59 Å². The van der Waals surface area contributed by atoms with Crippen molar-refractivity contribution in [3.8, 4) is 33.6 Å². The molecule has 4 heterocycles. The molecule has 14 nitrogen and oxygen atoms in total. The van der Waals surface area contributed by atoms with E-state index in [0.717, 1.165) is 96.2 Å². The second-order valence-corrected chi connectivity index (χ2v) is 20.8. The Balaban J connectivity index is 0.681. The van der Waals surface area contributed by atoms with E-state index < -0.39 is 24.3 Å². The topological polar surface area (TPSA) is 175 Å². The number of aromatic nitrogens is 4. The number of carbonyl (C=O) groups excluding carboxylic acids is 4. The molecule has 10 aliphatic rings. The Labute approximate surface area is 365 Å². The van der Waals surface area contributed by atoms with E-state index in [9.17, 15) is 19.2 Å². The number of piperidine rings is 2. The van der Waals surface area contributed by atoms with Gasteiger partial charge in [-0.25, -0.2) is 19.6 Å². The third-order valence-corrected chi connectivity index (χ3v) is 17.7. The van der Waals surface area contributed by atoms with E-state index in [1.807, 2.05) is 22.2 Å². The highest BCUT2D eigenvalue weighted by Crippen LogP contribution is 2.93. The fourth-order valence-corrected chi connectivity index (χ4v) is 14.0. The Morgan fingerprint density at radius 3 is 1.54 bits per heavy atom. The van der Waals surface area contributed by atoms with Crippen molar-refractivity contribution in [3.05, 3.63) is 72.6 Å². The molecule has 4 N–H and O–H groups in total. The van der Waals surface area contributed by atoms with Gasteiger partial charge >= 0.3 is 12.2 Å². The Hall–Kier alpha value is -5.66. The number of alkyl carbamates (subject to hydrolysis) is 2. The molecule has 4 aromatic rings. The molecular weight excluding hydrogens is 797 g/mol. The molecule has 326 valence electrons. The van der Waals surface area contributed by atoms with Crippen molar-refractivity contribution >= 4 is 24.0 Å². The predicted molar refractivity (Wildman–Crippen MR) is 229 cm³/mol. The molecule has 10 fully saturated rings. The molecule has 8 aliphatic carbocycles. The normalized spacial score (nSPS) is 37.2. The number of nitrogens with one attached hydrogen (secondary N) is 4. The Bertz CT molecular complexity index is 2540. The van der Waals surface area contributed by atoms with Crippen molar-refractivity contribution in [1.82, 2.24) is 40.4 Å². The van der Waals surface area contributed by atoms with Gasteiger partial charge < -0.3 is 39.9 Å².